The van der Waals surface area contributed by atoms with Gasteiger partial charge in [-0.1, -0.05) is 12.1 Å². The fourth-order valence-corrected chi connectivity index (χ4v) is 2.39. The van der Waals surface area contributed by atoms with Crippen molar-refractivity contribution in [3.05, 3.63) is 78.2 Å². The first kappa shape index (κ1) is 17.4. The highest BCUT2D eigenvalue weighted by Crippen LogP contribution is 2.14. The number of ether oxygens (including phenoxy) is 1. The summed E-state index contributed by atoms with van der Waals surface area (Å²) in [6.45, 7) is 0.688. The molecule has 0 aliphatic carbocycles. The van der Waals surface area contributed by atoms with E-state index in [0.717, 1.165) is 22.6 Å². The summed E-state index contributed by atoms with van der Waals surface area (Å²) in [5, 5.41) is 6.08. The van der Waals surface area contributed by atoms with E-state index in [0.29, 0.717) is 12.4 Å². The third kappa shape index (κ3) is 5.04. The zero-order valence-corrected chi connectivity index (χ0v) is 14.5. The van der Waals surface area contributed by atoms with Crippen LogP contribution in [-0.4, -0.2) is 23.0 Å². The minimum absolute atomic E-state index is 0.111. The summed E-state index contributed by atoms with van der Waals surface area (Å²) < 4.78 is 5.11. The summed E-state index contributed by atoms with van der Waals surface area (Å²) in [5.41, 5.74) is 2.94. The van der Waals surface area contributed by atoms with Gasteiger partial charge >= 0.3 is 0 Å². The van der Waals surface area contributed by atoms with E-state index in [2.05, 4.69) is 20.6 Å². The number of methoxy groups -OCH3 is 1. The fourth-order valence-electron chi connectivity index (χ4n) is 2.39. The number of hydrogen-bond donors (Lipinski definition) is 2. The summed E-state index contributed by atoms with van der Waals surface area (Å²) in [5.74, 6) is 1.18. The quantitative estimate of drug-likeness (QED) is 0.685. The van der Waals surface area contributed by atoms with Crippen molar-refractivity contribution in [2.24, 2.45) is 0 Å². The third-order valence-electron chi connectivity index (χ3n) is 3.80. The Kier molecular flexibility index (Phi) is 5.77. The van der Waals surface area contributed by atoms with Crippen LogP contribution < -0.4 is 15.4 Å². The van der Waals surface area contributed by atoms with E-state index in [9.17, 15) is 4.79 Å². The monoisotopic (exact) mass is 348 g/mol. The highest BCUT2D eigenvalue weighted by molar-refractivity contribution is 5.91. The maximum atomic E-state index is 12.1. The fraction of sp³-hybridized carbons (Fsp3) is 0.150. The van der Waals surface area contributed by atoms with Crippen LogP contribution in [0, 0.1) is 0 Å². The van der Waals surface area contributed by atoms with Gasteiger partial charge in [0.05, 0.1) is 25.4 Å². The van der Waals surface area contributed by atoms with Gasteiger partial charge in [-0.3, -0.25) is 9.78 Å². The molecule has 2 aromatic heterocycles. The van der Waals surface area contributed by atoms with Crippen LogP contribution in [0.1, 0.15) is 11.1 Å². The van der Waals surface area contributed by atoms with Gasteiger partial charge in [0.2, 0.25) is 5.91 Å². The molecule has 0 radical (unpaired) electrons. The number of hydrogen-bond acceptors (Lipinski definition) is 5. The van der Waals surface area contributed by atoms with Crippen molar-refractivity contribution < 1.29 is 9.53 Å². The molecular weight excluding hydrogens is 328 g/mol. The Morgan fingerprint density at radius 2 is 1.77 bits per heavy atom. The normalized spacial score (nSPS) is 10.2. The maximum absolute atomic E-state index is 12.1. The van der Waals surface area contributed by atoms with Crippen molar-refractivity contribution in [2.45, 2.75) is 13.0 Å². The van der Waals surface area contributed by atoms with Gasteiger partial charge < -0.3 is 15.4 Å². The van der Waals surface area contributed by atoms with Crippen molar-refractivity contribution >= 4 is 17.4 Å². The minimum atomic E-state index is -0.111. The predicted molar refractivity (Wildman–Crippen MR) is 101 cm³/mol. The van der Waals surface area contributed by atoms with Crippen LogP contribution in [0.15, 0.2) is 67.1 Å². The molecule has 0 spiro atoms. The Balaban J connectivity index is 1.50. The second-order valence-corrected chi connectivity index (χ2v) is 5.71. The summed E-state index contributed by atoms with van der Waals surface area (Å²) in [6, 6.07) is 15.0. The van der Waals surface area contributed by atoms with E-state index in [1.807, 2.05) is 42.5 Å². The van der Waals surface area contributed by atoms with Crippen LogP contribution in [0.25, 0.3) is 0 Å². The zero-order chi connectivity index (χ0) is 18.2. The highest BCUT2D eigenvalue weighted by atomic mass is 16.5. The molecule has 0 aliphatic heterocycles. The number of carbonyl (C=O) groups excluding carboxylic acids is 1. The Morgan fingerprint density at radius 1 is 1.00 bits per heavy atom. The van der Waals surface area contributed by atoms with Gasteiger partial charge in [-0.15, -0.1) is 0 Å². The molecule has 2 heterocycles. The van der Waals surface area contributed by atoms with Crippen LogP contribution in [0.3, 0.4) is 0 Å². The van der Waals surface area contributed by atoms with Gasteiger partial charge in [0.25, 0.3) is 0 Å². The molecule has 132 valence electrons. The Bertz CT molecular complexity index is 834. The third-order valence-corrected chi connectivity index (χ3v) is 3.80. The molecule has 6 heteroatoms. The van der Waals surface area contributed by atoms with Crippen LogP contribution in [0.4, 0.5) is 11.5 Å². The lowest BCUT2D eigenvalue weighted by Gasteiger charge is -2.08. The Hall–Kier alpha value is -3.41. The number of pyridine rings is 2. The molecule has 0 atom stereocenters. The molecule has 0 saturated carbocycles. The number of rotatable bonds is 7. The van der Waals surface area contributed by atoms with E-state index in [-0.39, 0.29) is 12.3 Å². The SMILES string of the molecule is COc1ccc(CC(=O)Nc2ccc(NCc3ccncc3)cn2)cc1. The number of carbonyl (C=O) groups is 1. The van der Waals surface area contributed by atoms with Crippen LogP contribution >= 0.6 is 0 Å². The first-order chi connectivity index (χ1) is 12.7. The summed E-state index contributed by atoms with van der Waals surface area (Å²) in [7, 11) is 1.61. The molecule has 2 N–H and O–H groups in total. The average Bonchev–Trinajstić information content (AvgIpc) is 2.69. The van der Waals surface area contributed by atoms with Gasteiger partial charge in [-0.05, 0) is 47.5 Å². The van der Waals surface area contributed by atoms with E-state index in [1.165, 1.54) is 0 Å². The van der Waals surface area contributed by atoms with Gasteiger partial charge in [-0.2, -0.15) is 0 Å². The number of benzene rings is 1. The maximum Gasteiger partial charge on any atom is 0.229 e. The molecule has 3 rings (SSSR count). The molecule has 1 aromatic carbocycles. The molecule has 3 aromatic rings. The van der Waals surface area contributed by atoms with E-state index >= 15 is 0 Å². The minimum Gasteiger partial charge on any atom is -0.497 e. The summed E-state index contributed by atoms with van der Waals surface area (Å²) >= 11 is 0. The van der Waals surface area contributed by atoms with Gasteiger partial charge in [-0.25, -0.2) is 4.98 Å². The highest BCUT2D eigenvalue weighted by Gasteiger charge is 2.05. The van der Waals surface area contributed by atoms with Crippen molar-refractivity contribution in [1.82, 2.24) is 9.97 Å². The second kappa shape index (κ2) is 8.62. The van der Waals surface area contributed by atoms with Gasteiger partial charge in [0.15, 0.2) is 0 Å². The topological polar surface area (TPSA) is 76.1 Å². The lowest BCUT2D eigenvalue weighted by atomic mass is 10.1. The number of aromatic nitrogens is 2. The first-order valence-electron chi connectivity index (χ1n) is 8.24. The molecule has 0 bridgehead atoms. The van der Waals surface area contributed by atoms with E-state index < -0.39 is 0 Å². The standard InChI is InChI=1S/C20H20N4O2/c1-26-18-5-2-15(3-6-18)12-20(25)24-19-7-4-17(14-23-19)22-13-16-8-10-21-11-9-16/h2-11,14,22H,12-13H2,1H3,(H,23,24,25). The van der Waals surface area contributed by atoms with Crippen LogP contribution in [0.2, 0.25) is 0 Å². The summed E-state index contributed by atoms with van der Waals surface area (Å²) in [6.07, 6.45) is 5.51. The molecule has 1 amide bonds. The molecule has 0 unspecified atom stereocenters. The summed E-state index contributed by atoms with van der Waals surface area (Å²) in [4.78, 5) is 20.4. The van der Waals surface area contributed by atoms with Crippen LogP contribution in [0.5, 0.6) is 5.75 Å². The predicted octanol–water partition coefficient (Wildman–Crippen LogP) is 3.28. The number of nitrogens with one attached hydrogen (secondary N) is 2. The first-order valence-corrected chi connectivity index (χ1v) is 8.24. The average molecular weight is 348 g/mol. The van der Waals surface area contributed by atoms with Crippen molar-refractivity contribution in [2.75, 3.05) is 17.7 Å². The zero-order valence-electron chi connectivity index (χ0n) is 14.5. The van der Waals surface area contributed by atoms with Crippen molar-refractivity contribution in [3.8, 4) is 5.75 Å². The van der Waals surface area contributed by atoms with Crippen molar-refractivity contribution in [3.63, 3.8) is 0 Å². The Labute approximate surface area is 152 Å². The molecular formula is C20H20N4O2. The van der Waals surface area contributed by atoms with Gasteiger partial charge in [0.1, 0.15) is 11.6 Å². The van der Waals surface area contributed by atoms with E-state index in [4.69, 9.17) is 4.74 Å². The smallest absolute Gasteiger partial charge is 0.229 e. The molecule has 26 heavy (non-hydrogen) atoms. The van der Waals surface area contributed by atoms with Gasteiger partial charge in [0, 0.05) is 18.9 Å². The molecule has 0 aliphatic rings. The Morgan fingerprint density at radius 3 is 2.42 bits per heavy atom. The van der Waals surface area contributed by atoms with Crippen LogP contribution in [-0.2, 0) is 17.8 Å². The molecule has 6 nitrogen and oxygen atoms in total. The van der Waals surface area contributed by atoms with Crippen molar-refractivity contribution in [1.29, 1.82) is 0 Å². The number of amides is 1. The molecule has 0 fully saturated rings. The lowest BCUT2D eigenvalue weighted by Crippen LogP contribution is -2.15. The number of nitrogens with zero attached hydrogens (tertiary/aromatic N) is 2. The lowest BCUT2D eigenvalue weighted by molar-refractivity contribution is -0.115. The molecule has 0 saturated heterocycles. The number of anilines is 2. The van der Waals surface area contributed by atoms with E-state index in [1.54, 1.807) is 31.8 Å². The largest absolute Gasteiger partial charge is 0.497 e. The second-order valence-electron chi connectivity index (χ2n) is 5.71.